The maximum atomic E-state index is 12.1. The minimum absolute atomic E-state index is 0.0447. The molecule has 1 aromatic carbocycles. The number of nitrogens with one attached hydrogen (secondary N) is 1. The largest absolute Gasteiger partial charge is 0.378 e. The van der Waals surface area contributed by atoms with Gasteiger partial charge in [-0.05, 0) is 12.0 Å². The lowest BCUT2D eigenvalue weighted by atomic mass is 10.2. The molecule has 3 rings (SSSR count). The summed E-state index contributed by atoms with van der Waals surface area (Å²) in [6, 6.07) is 10.3. The molecule has 1 N–H and O–H groups in total. The van der Waals surface area contributed by atoms with Crippen molar-refractivity contribution in [2.75, 3.05) is 43.5 Å². The molecule has 0 aliphatic carbocycles. The van der Waals surface area contributed by atoms with Gasteiger partial charge in [0.25, 0.3) is 0 Å². The quantitative estimate of drug-likeness (QED) is 0.486. The van der Waals surface area contributed by atoms with Crippen molar-refractivity contribution in [1.82, 2.24) is 20.1 Å². The molecule has 8 heteroatoms. The molecule has 2 heterocycles. The summed E-state index contributed by atoms with van der Waals surface area (Å²) < 4.78 is 7.57. The fourth-order valence-corrected chi connectivity index (χ4v) is 3.84. The van der Waals surface area contributed by atoms with Crippen LogP contribution in [0.5, 0.6) is 0 Å². The van der Waals surface area contributed by atoms with E-state index < -0.39 is 0 Å². The highest BCUT2D eigenvalue weighted by molar-refractivity contribution is 7.99. The maximum Gasteiger partial charge on any atom is 0.230 e. The molecule has 0 unspecified atom stereocenters. The Labute approximate surface area is 170 Å². The van der Waals surface area contributed by atoms with E-state index in [1.165, 1.54) is 17.3 Å². The van der Waals surface area contributed by atoms with Crippen molar-refractivity contribution < 1.29 is 9.53 Å². The number of benzene rings is 1. The second-order valence-electron chi connectivity index (χ2n) is 6.80. The van der Waals surface area contributed by atoms with Crippen molar-refractivity contribution in [2.45, 2.75) is 37.9 Å². The molecule has 7 nitrogen and oxygen atoms in total. The lowest BCUT2D eigenvalue weighted by molar-refractivity contribution is -0.118. The Morgan fingerprint density at radius 2 is 1.96 bits per heavy atom. The number of hydrogen-bond acceptors (Lipinski definition) is 6. The number of anilines is 1. The third-order valence-electron chi connectivity index (χ3n) is 4.61. The van der Waals surface area contributed by atoms with Gasteiger partial charge in [-0.1, -0.05) is 61.9 Å². The van der Waals surface area contributed by atoms with E-state index in [0.717, 1.165) is 50.0 Å². The van der Waals surface area contributed by atoms with Crippen molar-refractivity contribution in [2.24, 2.45) is 0 Å². The molecule has 1 aliphatic heterocycles. The van der Waals surface area contributed by atoms with Gasteiger partial charge in [0.2, 0.25) is 11.9 Å². The zero-order valence-electron chi connectivity index (χ0n) is 16.5. The van der Waals surface area contributed by atoms with Gasteiger partial charge < -0.3 is 15.0 Å². The first-order valence-electron chi connectivity index (χ1n) is 9.97. The van der Waals surface area contributed by atoms with Crippen molar-refractivity contribution in [3.05, 3.63) is 35.9 Å². The maximum absolute atomic E-state index is 12.1. The van der Waals surface area contributed by atoms with Crippen molar-refractivity contribution in [3.8, 4) is 0 Å². The third kappa shape index (κ3) is 5.97. The van der Waals surface area contributed by atoms with Crippen molar-refractivity contribution >= 4 is 23.6 Å². The first-order chi connectivity index (χ1) is 13.8. The molecule has 0 spiro atoms. The number of rotatable bonds is 10. The van der Waals surface area contributed by atoms with Gasteiger partial charge in [0.1, 0.15) is 0 Å². The fraction of sp³-hybridized carbons (Fsp3) is 0.550. The second kappa shape index (κ2) is 11.1. The predicted molar refractivity (Wildman–Crippen MR) is 112 cm³/mol. The van der Waals surface area contributed by atoms with E-state index >= 15 is 0 Å². The normalized spacial score (nSPS) is 14.2. The van der Waals surface area contributed by atoms with E-state index in [1.54, 1.807) is 0 Å². The standard InChI is InChI=1S/C20H29N5O2S/c1-2-3-7-10-21-18(26)16-28-20-23-22-19(24-11-13-27-14-12-24)25(20)15-17-8-5-4-6-9-17/h4-6,8-9H,2-3,7,10-16H2,1H3,(H,21,26). The predicted octanol–water partition coefficient (Wildman–Crippen LogP) is 2.56. The van der Waals surface area contributed by atoms with Gasteiger partial charge in [-0.3, -0.25) is 9.36 Å². The number of thioether (sulfide) groups is 1. The molecule has 0 radical (unpaired) electrons. The topological polar surface area (TPSA) is 72.3 Å². The first-order valence-corrected chi connectivity index (χ1v) is 11.0. The number of ether oxygens (including phenoxy) is 1. The summed E-state index contributed by atoms with van der Waals surface area (Å²) >= 11 is 1.44. The van der Waals surface area contributed by atoms with Crippen LogP contribution in [-0.2, 0) is 16.1 Å². The summed E-state index contributed by atoms with van der Waals surface area (Å²) in [4.78, 5) is 14.3. The highest BCUT2D eigenvalue weighted by Gasteiger charge is 2.21. The lowest BCUT2D eigenvalue weighted by Gasteiger charge is -2.28. The molecule has 1 fully saturated rings. The summed E-state index contributed by atoms with van der Waals surface area (Å²) in [5.74, 6) is 1.24. The van der Waals surface area contributed by atoms with Gasteiger partial charge in [-0.2, -0.15) is 0 Å². The zero-order valence-corrected chi connectivity index (χ0v) is 17.3. The van der Waals surface area contributed by atoms with E-state index in [4.69, 9.17) is 4.74 Å². The highest BCUT2D eigenvalue weighted by atomic mass is 32.2. The van der Waals surface area contributed by atoms with Crippen LogP contribution < -0.4 is 10.2 Å². The van der Waals surface area contributed by atoms with E-state index in [1.807, 2.05) is 18.2 Å². The number of aromatic nitrogens is 3. The summed E-state index contributed by atoms with van der Waals surface area (Å²) in [5, 5.41) is 12.6. The summed E-state index contributed by atoms with van der Waals surface area (Å²) in [5.41, 5.74) is 1.18. The average molecular weight is 404 g/mol. The molecular formula is C20H29N5O2S. The number of morpholine rings is 1. The van der Waals surface area contributed by atoms with Crippen molar-refractivity contribution in [3.63, 3.8) is 0 Å². The summed E-state index contributed by atoms with van der Waals surface area (Å²) in [6.45, 7) is 6.57. The minimum Gasteiger partial charge on any atom is -0.378 e. The Morgan fingerprint density at radius 3 is 2.71 bits per heavy atom. The number of amides is 1. The fourth-order valence-electron chi connectivity index (χ4n) is 3.07. The molecule has 0 bridgehead atoms. The number of carbonyl (C=O) groups is 1. The number of hydrogen-bond donors (Lipinski definition) is 1. The Morgan fingerprint density at radius 1 is 1.18 bits per heavy atom. The summed E-state index contributed by atoms with van der Waals surface area (Å²) in [6.07, 6.45) is 3.32. The molecule has 28 heavy (non-hydrogen) atoms. The number of carbonyl (C=O) groups excluding carboxylic acids is 1. The van der Waals surface area contributed by atoms with Gasteiger partial charge in [-0.25, -0.2) is 0 Å². The van der Waals surface area contributed by atoms with Gasteiger partial charge in [0.15, 0.2) is 5.16 Å². The molecule has 1 aromatic heterocycles. The van der Waals surface area contributed by atoms with Crippen LogP contribution in [0.15, 0.2) is 35.5 Å². The molecule has 1 aliphatic rings. The molecular weight excluding hydrogens is 374 g/mol. The molecule has 2 aromatic rings. The van der Waals surface area contributed by atoms with Gasteiger partial charge in [0, 0.05) is 19.6 Å². The van der Waals surface area contributed by atoms with Crippen LogP contribution in [0, 0.1) is 0 Å². The van der Waals surface area contributed by atoms with Crippen LogP contribution in [-0.4, -0.2) is 59.3 Å². The van der Waals surface area contributed by atoms with Crippen LogP contribution in [0.2, 0.25) is 0 Å². The summed E-state index contributed by atoms with van der Waals surface area (Å²) in [7, 11) is 0. The van der Waals surface area contributed by atoms with Crippen LogP contribution in [0.3, 0.4) is 0 Å². The van der Waals surface area contributed by atoms with E-state index in [-0.39, 0.29) is 5.91 Å². The first kappa shape index (κ1) is 20.7. The molecule has 0 saturated carbocycles. The second-order valence-corrected chi connectivity index (χ2v) is 7.74. The Balaban J connectivity index is 1.67. The van der Waals surface area contributed by atoms with Crippen LogP contribution in [0.4, 0.5) is 5.95 Å². The van der Waals surface area contributed by atoms with Crippen LogP contribution >= 0.6 is 11.8 Å². The van der Waals surface area contributed by atoms with E-state index in [9.17, 15) is 4.79 Å². The van der Waals surface area contributed by atoms with Gasteiger partial charge in [0.05, 0.1) is 25.5 Å². The minimum atomic E-state index is 0.0447. The average Bonchev–Trinajstić information content (AvgIpc) is 3.13. The van der Waals surface area contributed by atoms with E-state index in [2.05, 4.69) is 44.0 Å². The monoisotopic (exact) mass is 403 g/mol. The SMILES string of the molecule is CCCCCNC(=O)CSc1nnc(N2CCOCC2)n1Cc1ccccc1. The Hall–Kier alpha value is -2.06. The number of nitrogens with zero attached hydrogens (tertiary/aromatic N) is 4. The molecule has 0 atom stereocenters. The van der Waals surface area contributed by atoms with Crippen LogP contribution in [0.1, 0.15) is 31.7 Å². The molecule has 1 amide bonds. The molecule has 152 valence electrons. The number of unbranched alkanes of at least 4 members (excludes halogenated alkanes) is 2. The third-order valence-corrected chi connectivity index (χ3v) is 5.58. The Kier molecular flexibility index (Phi) is 8.17. The van der Waals surface area contributed by atoms with Gasteiger partial charge >= 0.3 is 0 Å². The van der Waals surface area contributed by atoms with E-state index in [0.29, 0.717) is 25.5 Å². The lowest BCUT2D eigenvalue weighted by Crippen LogP contribution is -2.38. The van der Waals surface area contributed by atoms with Crippen molar-refractivity contribution in [1.29, 1.82) is 0 Å². The highest BCUT2D eigenvalue weighted by Crippen LogP contribution is 2.24. The smallest absolute Gasteiger partial charge is 0.230 e. The molecule has 1 saturated heterocycles. The Bertz CT molecular complexity index is 731. The van der Waals surface area contributed by atoms with Gasteiger partial charge in [-0.15, -0.1) is 10.2 Å². The zero-order chi connectivity index (χ0) is 19.6. The van der Waals surface area contributed by atoms with Crippen LogP contribution in [0.25, 0.3) is 0 Å².